The first-order valence-electron chi connectivity index (χ1n) is 15.8. The van der Waals surface area contributed by atoms with E-state index in [-0.39, 0.29) is 18.9 Å². The number of halogens is 1. The Labute approximate surface area is 283 Å². The van der Waals surface area contributed by atoms with Crippen LogP contribution in [-0.2, 0) is 25.1 Å². The lowest BCUT2D eigenvalue weighted by Gasteiger charge is -2.23. The summed E-state index contributed by atoms with van der Waals surface area (Å²) in [6.45, 7) is 15.0. The number of ether oxygens (including phenoxy) is 2. The number of benzene rings is 3. The summed E-state index contributed by atoms with van der Waals surface area (Å²) in [5.74, 6) is 0.337. The third-order valence-electron chi connectivity index (χ3n) is 7.25. The lowest BCUT2D eigenvalue weighted by atomic mass is 10.00. The van der Waals surface area contributed by atoms with E-state index in [2.05, 4.69) is 61.0 Å². The standard InChI is InChI=1S/C36H43ClN3O5PSi/c1-25(2)44-46(41,45-26(3)4)31-19-30(22-38-23-31)43-36-39-34-20-32(29-15-13-28(14-16-29)27-11-9-8-10-12-27)33(37)21-35(34)40(36)24-42-17-18-47(5,6)7/h8-16,19-23,25-26H,17-18,24H2,1-7H3. The third kappa shape index (κ3) is 8.99. The molecule has 11 heteroatoms. The molecule has 2 aromatic heterocycles. The Morgan fingerprint density at radius 3 is 2.13 bits per heavy atom. The smallest absolute Gasteiger partial charge is 0.363 e. The Balaban J connectivity index is 1.51. The number of fused-ring (bicyclic) bond motifs is 1. The van der Waals surface area contributed by atoms with Gasteiger partial charge in [0.05, 0.1) is 39.8 Å². The SMILES string of the molecule is CC(C)OP(=O)(OC(C)C)c1cncc(Oc2nc3cc(-c4ccc(-c5ccccc5)cc4)c(Cl)cc3n2COCC[Si](C)(C)C)c1. The van der Waals surface area contributed by atoms with E-state index in [1.54, 1.807) is 12.3 Å². The summed E-state index contributed by atoms with van der Waals surface area (Å²) in [6.07, 6.45) is 2.38. The van der Waals surface area contributed by atoms with Crippen LogP contribution in [0.4, 0.5) is 0 Å². The van der Waals surface area contributed by atoms with Crippen LogP contribution in [0, 0.1) is 0 Å². The predicted octanol–water partition coefficient (Wildman–Crippen LogP) is 10.2. The van der Waals surface area contributed by atoms with Gasteiger partial charge in [0.25, 0.3) is 0 Å². The maximum absolute atomic E-state index is 13.8. The summed E-state index contributed by atoms with van der Waals surface area (Å²) in [4.78, 5) is 9.17. The third-order valence-corrected chi connectivity index (χ3v) is 11.5. The van der Waals surface area contributed by atoms with Crippen molar-refractivity contribution >= 4 is 43.6 Å². The van der Waals surface area contributed by atoms with Crippen molar-refractivity contribution < 1.29 is 23.1 Å². The highest BCUT2D eigenvalue weighted by atomic mass is 35.5. The molecule has 0 fully saturated rings. The van der Waals surface area contributed by atoms with Gasteiger partial charge in [-0.3, -0.25) is 14.1 Å². The molecule has 5 aromatic rings. The van der Waals surface area contributed by atoms with Crippen molar-refractivity contribution in [3.05, 3.63) is 90.2 Å². The molecule has 0 unspecified atom stereocenters. The monoisotopic (exact) mass is 691 g/mol. The molecule has 0 radical (unpaired) electrons. The Morgan fingerprint density at radius 1 is 0.851 bits per heavy atom. The molecule has 0 bridgehead atoms. The number of hydrogen-bond acceptors (Lipinski definition) is 7. The van der Waals surface area contributed by atoms with Crippen LogP contribution in [0.5, 0.6) is 11.8 Å². The molecular formula is C36H43ClN3O5PSi. The van der Waals surface area contributed by atoms with Crippen LogP contribution < -0.4 is 10.0 Å². The zero-order chi connectivity index (χ0) is 33.8. The van der Waals surface area contributed by atoms with Crippen molar-refractivity contribution in [2.24, 2.45) is 0 Å². The van der Waals surface area contributed by atoms with E-state index in [0.29, 0.717) is 34.2 Å². The van der Waals surface area contributed by atoms with Crippen molar-refractivity contribution in [2.75, 3.05) is 6.61 Å². The fourth-order valence-electron chi connectivity index (χ4n) is 4.97. The molecule has 0 aliphatic heterocycles. The number of hydrogen-bond donors (Lipinski definition) is 0. The van der Waals surface area contributed by atoms with Crippen molar-refractivity contribution in [2.45, 2.75) is 72.3 Å². The van der Waals surface area contributed by atoms with Crippen LogP contribution in [0.25, 0.3) is 33.3 Å². The second-order valence-electron chi connectivity index (χ2n) is 13.2. The highest BCUT2D eigenvalue weighted by Gasteiger charge is 2.31. The summed E-state index contributed by atoms with van der Waals surface area (Å²) in [5, 5.41) is 0.886. The molecule has 5 rings (SSSR count). The quantitative estimate of drug-likeness (QED) is 0.0651. The first-order valence-corrected chi connectivity index (χ1v) is 21.5. The first-order chi connectivity index (χ1) is 22.3. The molecule has 248 valence electrons. The molecular weight excluding hydrogens is 649 g/mol. The minimum Gasteiger partial charge on any atom is -0.424 e. The summed E-state index contributed by atoms with van der Waals surface area (Å²) in [6, 6.07) is 25.4. The van der Waals surface area contributed by atoms with Gasteiger partial charge in [0, 0.05) is 26.4 Å². The number of aromatic nitrogens is 3. The van der Waals surface area contributed by atoms with E-state index in [9.17, 15) is 4.57 Å². The van der Waals surface area contributed by atoms with Gasteiger partial charge in [-0.25, -0.2) is 0 Å². The Bertz CT molecular complexity index is 1840. The highest BCUT2D eigenvalue weighted by molar-refractivity contribution is 7.62. The van der Waals surface area contributed by atoms with Crippen molar-refractivity contribution in [3.63, 3.8) is 0 Å². The summed E-state index contributed by atoms with van der Waals surface area (Å²) < 4.78 is 39.7. The van der Waals surface area contributed by atoms with Crippen LogP contribution in [0.1, 0.15) is 27.7 Å². The number of imidazole rings is 1. The van der Waals surface area contributed by atoms with Crippen molar-refractivity contribution in [3.8, 4) is 34.0 Å². The molecule has 0 aliphatic rings. The summed E-state index contributed by atoms with van der Waals surface area (Å²) in [7, 11) is -4.97. The van der Waals surface area contributed by atoms with Gasteiger partial charge in [-0.1, -0.05) is 85.8 Å². The lowest BCUT2D eigenvalue weighted by molar-refractivity contribution is 0.0850. The largest absolute Gasteiger partial charge is 0.424 e. The van der Waals surface area contributed by atoms with Gasteiger partial charge in [-0.15, -0.1) is 0 Å². The Morgan fingerprint density at radius 2 is 1.49 bits per heavy atom. The molecule has 0 saturated heterocycles. The average molecular weight is 692 g/mol. The van der Waals surface area contributed by atoms with Gasteiger partial charge in [-0.05, 0) is 68.6 Å². The summed E-state index contributed by atoms with van der Waals surface area (Å²) >= 11 is 6.92. The Hall–Kier alpha value is -3.30. The second kappa shape index (κ2) is 14.9. The van der Waals surface area contributed by atoms with Gasteiger partial charge >= 0.3 is 13.6 Å². The van der Waals surface area contributed by atoms with Crippen LogP contribution in [-0.4, -0.2) is 41.4 Å². The number of nitrogens with zero attached hydrogens (tertiary/aromatic N) is 3. The topological polar surface area (TPSA) is 84.7 Å². The van der Waals surface area contributed by atoms with E-state index >= 15 is 0 Å². The molecule has 0 spiro atoms. The molecule has 2 heterocycles. The highest BCUT2D eigenvalue weighted by Crippen LogP contribution is 2.49. The average Bonchev–Trinajstić information content (AvgIpc) is 3.33. The lowest BCUT2D eigenvalue weighted by Crippen LogP contribution is -2.22. The van der Waals surface area contributed by atoms with Gasteiger partial charge in [-0.2, -0.15) is 4.98 Å². The number of pyridine rings is 1. The van der Waals surface area contributed by atoms with E-state index in [4.69, 9.17) is 35.1 Å². The fraction of sp³-hybridized carbons (Fsp3) is 0.333. The van der Waals surface area contributed by atoms with Gasteiger partial charge in [0.1, 0.15) is 12.5 Å². The maximum Gasteiger partial charge on any atom is 0.363 e. The van der Waals surface area contributed by atoms with Crippen LogP contribution in [0.2, 0.25) is 30.7 Å². The molecule has 0 aliphatic carbocycles. The van der Waals surface area contributed by atoms with E-state index < -0.39 is 15.7 Å². The molecule has 0 saturated carbocycles. The molecule has 0 N–H and O–H groups in total. The number of rotatable bonds is 14. The van der Waals surface area contributed by atoms with Gasteiger partial charge in [0.15, 0.2) is 0 Å². The van der Waals surface area contributed by atoms with E-state index in [0.717, 1.165) is 33.8 Å². The van der Waals surface area contributed by atoms with Crippen molar-refractivity contribution in [1.82, 2.24) is 14.5 Å². The van der Waals surface area contributed by atoms with Crippen LogP contribution in [0.15, 0.2) is 85.2 Å². The molecule has 0 amide bonds. The van der Waals surface area contributed by atoms with Crippen molar-refractivity contribution in [1.29, 1.82) is 0 Å². The Kier molecular flexibility index (Phi) is 11.1. The minimum absolute atomic E-state index is 0.219. The zero-order valence-electron chi connectivity index (χ0n) is 28.1. The molecule has 47 heavy (non-hydrogen) atoms. The molecule has 8 nitrogen and oxygen atoms in total. The van der Waals surface area contributed by atoms with Gasteiger partial charge < -0.3 is 18.5 Å². The van der Waals surface area contributed by atoms with Crippen LogP contribution >= 0.6 is 19.2 Å². The normalized spacial score (nSPS) is 12.4. The van der Waals surface area contributed by atoms with Gasteiger partial charge in [0.2, 0.25) is 0 Å². The minimum atomic E-state index is -3.67. The zero-order valence-corrected chi connectivity index (χ0v) is 30.7. The van der Waals surface area contributed by atoms with E-state index in [1.165, 1.54) is 6.20 Å². The predicted molar refractivity (Wildman–Crippen MR) is 194 cm³/mol. The molecule has 0 atom stereocenters. The summed E-state index contributed by atoms with van der Waals surface area (Å²) in [5.41, 5.74) is 5.57. The molecule has 3 aromatic carbocycles. The van der Waals surface area contributed by atoms with E-state index in [1.807, 2.05) is 62.6 Å². The van der Waals surface area contributed by atoms with Crippen LogP contribution in [0.3, 0.4) is 0 Å². The first kappa shape index (κ1) is 35.0. The second-order valence-corrected chi connectivity index (χ2v) is 21.2. The fourth-order valence-corrected chi connectivity index (χ4v) is 7.89. The maximum atomic E-state index is 13.8.